The summed E-state index contributed by atoms with van der Waals surface area (Å²) in [4.78, 5) is 38.7. The summed E-state index contributed by atoms with van der Waals surface area (Å²) in [6.07, 6.45) is 1.55. The van der Waals surface area contributed by atoms with Crippen molar-refractivity contribution >= 4 is 18.0 Å². The van der Waals surface area contributed by atoms with Gasteiger partial charge in [0.25, 0.3) is 0 Å². The van der Waals surface area contributed by atoms with Gasteiger partial charge < -0.3 is 19.7 Å². The molecule has 7 heteroatoms. The molecule has 2 amide bonds. The smallest absolute Gasteiger partial charge is 0.410 e. The summed E-state index contributed by atoms with van der Waals surface area (Å²) in [7, 11) is 0. The molecule has 2 fully saturated rings. The van der Waals surface area contributed by atoms with Crippen molar-refractivity contribution in [1.82, 2.24) is 10.2 Å². The summed E-state index contributed by atoms with van der Waals surface area (Å²) in [5.41, 5.74) is 0.764. The second-order valence-electron chi connectivity index (χ2n) is 9.21. The molecule has 0 radical (unpaired) electrons. The third-order valence-corrected chi connectivity index (χ3v) is 5.97. The first-order valence-electron chi connectivity index (χ1n) is 10.7. The predicted molar refractivity (Wildman–Crippen MR) is 112 cm³/mol. The highest BCUT2D eigenvalue weighted by atomic mass is 16.6. The van der Waals surface area contributed by atoms with Gasteiger partial charge in [-0.3, -0.25) is 4.79 Å². The summed E-state index contributed by atoms with van der Waals surface area (Å²) in [6.45, 7) is 9.31. The summed E-state index contributed by atoms with van der Waals surface area (Å²) >= 11 is 0. The van der Waals surface area contributed by atoms with Gasteiger partial charge in [0.1, 0.15) is 5.60 Å². The zero-order valence-corrected chi connectivity index (χ0v) is 18.3. The minimum atomic E-state index is -0.535. The van der Waals surface area contributed by atoms with Gasteiger partial charge in [-0.15, -0.1) is 0 Å². The molecule has 0 aromatic heterocycles. The molecule has 164 valence electrons. The fraction of sp³-hybridized carbons (Fsp3) is 0.609. The Morgan fingerprint density at radius 3 is 2.57 bits per heavy atom. The van der Waals surface area contributed by atoms with Crippen molar-refractivity contribution in [2.24, 2.45) is 5.41 Å². The maximum atomic E-state index is 12.5. The van der Waals surface area contributed by atoms with Gasteiger partial charge in [-0.1, -0.05) is 12.1 Å². The first kappa shape index (κ1) is 22.1. The van der Waals surface area contributed by atoms with Crippen LogP contribution in [0.2, 0.25) is 0 Å². The van der Waals surface area contributed by atoms with Gasteiger partial charge in [0.05, 0.1) is 12.2 Å². The number of nitrogens with one attached hydrogen (secondary N) is 1. The molecule has 1 atom stereocenters. The van der Waals surface area contributed by atoms with Crippen LogP contribution in [0.5, 0.6) is 0 Å². The second-order valence-corrected chi connectivity index (χ2v) is 9.21. The average molecular weight is 417 g/mol. The Bertz CT molecular complexity index is 806. The van der Waals surface area contributed by atoms with Crippen LogP contribution < -0.4 is 5.32 Å². The maximum absolute atomic E-state index is 12.5. The Hall–Kier alpha value is -2.57. The van der Waals surface area contributed by atoms with E-state index in [1.54, 1.807) is 17.9 Å². The van der Waals surface area contributed by atoms with E-state index in [-0.39, 0.29) is 29.3 Å². The number of nitrogens with zero attached hydrogens (tertiary/aromatic N) is 1. The van der Waals surface area contributed by atoms with Gasteiger partial charge in [0.2, 0.25) is 5.91 Å². The Labute approximate surface area is 178 Å². The minimum Gasteiger partial charge on any atom is -0.462 e. The molecule has 1 aromatic carbocycles. The molecule has 3 rings (SSSR count). The van der Waals surface area contributed by atoms with E-state index in [1.807, 2.05) is 39.0 Å². The van der Waals surface area contributed by atoms with Crippen LogP contribution >= 0.6 is 0 Å². The molecule has 30 heavy (non-hydrogen) atoms. The number of hydrogen-bond acceptors (Lipinski definition) is 5. The molecule has 2 aliphatic rings. The number of rotatable bonds is 3. The monoisotopic (exact) mass is 416 g/mol. The van der Waals surface area contributed by atoms with Crippen LogP contribution in [0, 0.1) is 5.41 Å². The van der Waals surface area contributed by atoms with Crippen molar-refractivity contribution in [3.8, 4) is 0 Å². The Morgan fingerprint density at radius 2 is 1.93 bits per heavy atom. The number of benzene rings is 1. The largest absolute Gasteiger partial charge is 0.462 e. The molecule has 1 N–H and O–H groups in total. The van der Waals surface area contributed by atoms with E-state index in [0.717, 1.165) is 5.56 Å². The van der Waals surface area contributed by atoms with Crippen LogP contribution in [0.25, 0.3) is 0 Å². The Kier molecular flexibility index (Phi) is 6.38. The molecule has 0 bridgehead atoms. The molecule has 2 aliphatic heterocycles. The van der Waals surface area contributed by atoms with Gasteiger partial charge in [-0.25, -0.2) is 9.59 Å². The Balaban J connectivity index is 1.79. The maximum Gasteiger partial charge on any atom is 0.410 e. The number of ether oxygens (including phenoxy) is 2. The van der Waals surface area contributed by atoms with Gasteiger partial charge in [-0.05, 0) is 63.6 Å². The van der Waals surface area contributed by atoms with Crippen molar-refractivity contribution < 1.29 is 23.9 Å². The lowest BCUT2D eigenvalue weighted by atomic mass is 9.62. The molecule has 2 heterocycles. The first-order valence-corrected chi connectivity index (χ1v) is 10.7. The molecule has 7 nitrogen and oxygen atoms in total. The van der Waals surface area contributed by atoms with E-state index in [4.69, 9.17) is 9.47 Å². The highest BCUT2D eigenvalue weighted by Gasteiger charge is 2.47. The van der Waals surface area contributed by atoms with Crippen LogP contribution in [-0.2, 0) is 14.3 Å². The first-order chi connectivity index (χ1) is 14.1. The third kappa shape index (κ3) is 4.94. The van der Waals surface area contributed by atoms with Crippen molar-refractivity contribution in [2.45, 2.75) is 58.5 Å². The Morgan fingerprint density at radius 1 is 1.23 bits per heavy atom. The van der Waals surface area contributed by atoms with Crippen molar-refractivity contribution in [2.75, 3.05) is 26.2 Å². The predicted octanol–water partition coefficient (Wildman–Crippen LogP) is 3.48. The summed E-state index contributed by atoms with van der Waals surface area (Å²) < 4.78 is 10.6. The molecule has 1 unspecified atom stereocenters. The SMILES string of the molecule is CCOC(=O)c1cccc(C2CNC(=O)CC23CCN(C(=O)OC(C)(C)C)CC3)c1. The fourth-order valence-electron chi connectivity index (χ4n) is 4.49. The van der Waals surface area contributed by atoms with Crippen LogP contribution in [0.3, 0.4) is 0 Å². The number of carbonyl (C=O) groups excluding carboxylic acids is 3. The summed E-state index contributed by atoms with van der Waals surface area (Å²) in [5, 5.41) is 2.98. The molecule has 1 aromatic rings. The number of hydrogen-bond donors (Lipinski definition) is 1. The van der Waals surface area contributed by atoms with Gasteiger partial charge in [-0.2, -0.15) is 0 Å². The van der Waals surface area contributed by atoms with Crippen molar-refractivity contribution in [3.63, 3.8) is 0 Å². The van der Waals surface area contributed by atoms with E-state index < -0.39 is 5.60 Å². The van der Waals surface area contributed by atoms with E-state index in [2.05, 4.69) is 5.32 Å². The highest BCUT2D eigenvalue weighted by Crippen LogP contribution is 2.49. The fourth-order valence-corrected chi connectivity index (χ4v) is 4.49. The molecule has 2 saturated heterocycles. The minimum absolute atomic E-state index is 0.0403. The lowest BCUT2D eigenvalue weighted by Gasteiger charge is -2.49. The number of piperidine rings is 2. The lowest BCUT2D eigenvalue weighted by molar-refractivity contribution is -0.128. The molecule has 1 spiro atoms. The van der Waals surface area contributed by atoms with Gasteiger partial charge >= 0.3 is 12.1 Å². The normalized spacial score (nSPS) is 21.1. The standard InChI is InChI=1S/C23H32N2O5/c1-5-29-20(27)17-8-6-7-16(13-17)18-15-24-19(26)14-23(18)9-11-25(12-10-23)21(28)30-22(2,3)4/h6-8,13,18H,5,9-12,14-15H2,1-4H3,(H,24,26). The number of amides is 2. The van der Waals surface area contributed by atoms with Crippen LogP contribution in [0.1, 0.15) is 68.8 Å². The summed E-state index contributed by atoms with van der Waals surface area (Å²) in [5.74, 6) is -0.225. The zero-order valence-electron chi connectivity index (χ0n) is 18.3. The van der Waals surface area contributed by atoms with Crippen LogP contribution in [0.4, 0.5) is 4.79 Å². The van der Waals surface area contributed by atoms with Crippen molar-refractivity contribution in [3.05, 3.63) is 35.4 Å². The topological polar surface area (TPSA) is 84.9 Å². The van der Waals surface area contributed by atoms with E-state index in [9.17, 15) is 14.4 Å². The van der Waals surface area contributed by atoms with Crippen LogP contribution in [-0.4, -0.2) is 54.7 Å². The highest BCUT2D eigenvalue weighted by molar-refractivity contribution is 5.89. The lowest BCUT2D eigenvalue weighted by Crippen LogP contribution is -2.53. The third-order valence-electron chi connectivity index (χ3n) is 5.97. The van der Waals surface area contributed by atoms with Crippen LogP contribution in [0.15, 0.2) is 24.3 Å². The summed E-state index contributed by atoms with van der Waals surface area (Å²) in [6, 6.07) is 7.50. The van der Waals surface area contributed by atoms with E-state index in [0.29, 0.717) is 51.1 Å². The number of carbonyl (C=O) groups is 3. The molecular weight excluding hydrogens is 384 g/mol. The molecular formula is C23H32N2O5. The van der Waals surface area contributed by atoms with E-state index in [1.165, 1.54) is 0 Å². The average Bonchev–Trinajstić information content (AvgIpc) is 2.67. The quantitative estimate of drug-likeness (QED) is 0.763. The number of esters is 1. The van der Waals surface area contributed by atoms with Crippen molar-refractivity contribution in [1.29, 1.82) is 0 Å². The number of likely N-dealkylation sites (tertiary alicyclic amines) is 1. The molecule has 0 saturated carbocycles. The second kappa shape index (κ2) is 8.66. The molecule has 0 aliphatic carbocycles. The van der Waals surface area contributed by atoms with Gasteiger partial charge in [0.15, 0.2) is 0 Å². The van der Waals surface area contributed by atoms with E-state index >= 15 is 0 Å². The van der Waals surface area contributed by atoms with Gasteiger partial charge in [0, 0.05) is 32.0 Å². The zero-order chi connectivity index (χ0) is 21.9.